The second-order valence-electron chi connectivity index (χ2n) is 6.21. The van der Waals surface area contributed by atoms with Crippen molar-refractivity contribution >= 4 is 6.09 Å². The third-order valence-corrected chi connectivity index (χ3v) is 3.65. The molecule has 2 aliphatic rings. The predicted octanol–water partition coefficient (Wildman–Crippen LogP) is 0.435. The Bertz CT molecular complexity index is 313. The number of hydrogen-bond donors (Lipinski definition) is 2. The molecule has 5 heteroatoms. The standard InChI is InChI=1S/C12H22N2O3/c1-11(2,3)17-10(16)14-5-9-4-13-6-12(9,7-14)8-15/h9,13,15H,4-8H2,1-3H3/t9-,12-/m0/s1. The van der Waals surface area contributed by atoms with Gasteiger partial charge < -0.3 is 20.1 Å². The van der Waals surface area contributed by atoms with Gasteiger partial charge in [0.05, 0.1) is 6.61 Å². The Morgan fingerprint density at radius 1 is 1.59 bits per heavy atom. The maximum absolute atomic E-state index is 12.0. The second kappa shape index (κ2) is 4.14. The molecule has 2 atom stereocenters. The summed E-state index contributed by atoms with van der Waals surface area (Å²) in [5.74, 6) is 0.347. The number of fused-ring (bicyclic) bond motifs is 1. The van der Waals surface area contributed by atoms with E-state index in [9.17, 15) is 9.90 Å². The van der Waals surface area contributed by atoms with Crippen molar-refractivity contribution in [2.45, 2.75) is 26.4 Å². The first kappa shape index (κ1) is 12.6. The summed E-state index contributed by atoms with van der Waals surface area (Å²) in [7, 11) is 0. The van der Waals surface area contributed by atoms with Crippen molar-refractivity contribution in [1.82, 2.24) is 10.2 Å². The van der Waals surface area contributed by atoms with Crippen molar-refractivity contribution in [3.8, 4) is 0 Å². The summed E-state index contributed by atoms with van der Waals surface area (Å²) in [6.45, 7) is 8.66. The SMILES string of the molecule is CC(C)(C)OC(=O)N1C[C@@H]2CNC[C@@]2(CO)C1. The molecular formula is C12H22N2O3. The second-order valence-corrected chi connectivity index (χ2v) is 6.21. The molecule has 0 aliphatic carbocycles. The lowest BCUT2D eigenvalue weighted by atomic mass is 9.82. The number of rotatable bonds is 1. The van der Waals surface area contributed by atoms with Crippen molar-refractivity contribution in [2.24, 2.45) is 11.3 Å². The van der Waals surface area contributed by atoms with Gasteiger partial charge in [0.2, 0.25) is 0 Å². The summed E-state index contributed by atoms with van der Waals surface area (Å²) in [5.41, 5.74) is -0.615. The zero-order valence-electron chi connectivity index (χ0n) is 10.8. The average molecular weight is 242 g/mol. The summed E-state index contributed by atoms with van der Waals surface area (Å²) in [6.07, 6.45) is -0.264. The first-order valence-corrected chi connectivity index (χ1v) is 6.16. The van der Waals surface area contributed by atoms with Crippen LogP contribution in [0.2, 0.25) is 0 Å². The van der Waals surface area contributed by atoms with Gasteiger partial charge in [-0.2, -0.15) is 0 Å². The van der Waals surface area contributed by atoms with Gasteiger partial charge in [0.1, 0.15) is 5.60 Å². The summed E-state index contributed by atoms with van der Waals surface area (Å²) >= 11 is 0. The van der Waals surface area contributed by atoms with Gasteiger partial charge in [-0.05, 0) is 26.7 Å². The number of carbonyl (C=O) groups is 1. The Kier molecular flexibility index (Phi) is 3.08. The summed E-state index contributed by atoms with van der Waals surface area (Å²) in [4.78, 5) is 13.7. The van der Waals surface area contributed by atoms with Gasteiger partial charge in [-0.1, -0.05) is 0 Å². The normalized spacial score (nSPS) is 32.7. The zero-order chi connectivity index (χ0) is 12.7. The van der Waals surface area contributed by atoms with Crippen molar-refractivity contribution in [1.29, 1.82) is 0 Å². The number of nitrogens with zero attached hydrogens (tertiary/aromatic N) is 1. The van der Waals surface area contributed by atoms with E-state index in [1.54, 1.807) is 4.90 Å². The Morgan fingerprint density at radius 2 is 2.29 bits per heavy atom. The van der Waals surface area contributed by atoms with E-state index in [1.165, 1.54) is 0 Å². The molecule has 0 bridgehead atoms. The maximum Gasteiger partial charge on any atom is 0.410 e. The third kappa shape index (κ3) is 2.40. The van der Waals surface area contributed by atoms with Crippen LogP contribution in [-0.4, -0.2) is 54.5 Å². The van der Waals surface area contributed by atoms with E-state index in [-0.39, 0.29) is 18.1 Å². The molecule has 0 aromatic carbocycles. The van der Waals surface area contributed by atoms with Crippen LogP contribution < -0.4 is 5.32 Å². The molecular weight excluding hydrogens is 220 g/mol. The minimum atomic E-state index is -0.459. The van der Waals surface area contributed by atoms with Crippen molar-refractivity contribution in [3.05, 3.63) is 0 Å². The van der Waals surface area contributed by atoms with E-state index >= 15 is 0 Å². The van der Waals surface area contributed by atoms with Crippen LogP contribution in [0.1, 0.15) is 20.8 Å². The largest absolute Gasteiger partial charge is 0.444 e. The molecule has 0 spiro atoms. The molecule has 1 amide bonds. The Hall–Kier alpha value is -0.810. The number of likely N-dealkylation sites (tertiary alicyclic amines) is 1. The summed E-state index contributed by atoms with van der Waals surface area (Å²) < 4.78 is 5.36. The molecule has 2 heterocycles. The van der Waals surface area contributed by atoms with Gasteiger partial charge in [-0.3, -0.25) is 0 Å². The number of amides is 1. The fraction of sp³-hybridized carbons (Fsp3) is 0.917. The van der Waals surface area contributed by atoms with Gasteiger partial charge in [0, 0.05) is 31.6 Å². The Balaban J connectivity index is 2.00. The quantitative estimate of drug-likeness (QED) is 0.700. The molecule has 5 nitrogen and oxygen atoms in total. The molecule has 2 rings (SSSR count). The van der Waals surface area contributed by atoms with Crippen LogP contribution in [0.3, 0.4) is 0 Å². The van der Waals surface area contributed by atoms with Gasteiger partial charge >= 0.3 is 6.09 Å². The molecule has 2 N–H and O–H groups in total. The lowest BCUT2D eigenvalue weighted by molar-refractivity contribution is 0.0256. The first-order chi connectivity index (χ1) is 7.86. The highest BCUT2D eigenvalue weighted by Gasteiger charge is 2.51. The molecule has 0 aromatic rings. The molecule has 2 aliphatic heterocycles. The van der Waals surface area contributed by atoms with E-state index in [4.69, 9.17) is 4.74 Å². The molecule has 0 saturated carbocycles. The smallest absolute Gasteiger partial charge is 0.410 e. The van der Waals surface area contributed by atoms with Crippen LogP contribution in [0.5, 0.6) is 0 Å². The van der Waals surface area contributed by atoms with Crippen molar-refractivity contribution in [3.63, 3.8) is 0 Å². The average Bonchev–Trinajstić information content (AvgIpc) is 2.70. The molecule has 98 valence electrons. The lowest BCUT2D eigenvalue weighted by Gasteiger charge is -2.27. The van der Waals surface area contributed by atoms with Crippen molar-refractivity contribution < 1.29 is 14.6 Å². The Morgan fingerprint density at radius 3 is 2.82 bits per heavy atom. The highest BCUT2D eigenvalue weighted by Crippen LogP contribution is 2.38. The van der Waals surface area contributed by atoms with Gasteiger partial charge in [0.15, 0.2) is 0 Å². The fourth-order valence-corrected chi connectivity index (χ4v) is 2.71. The van der Waals surface area contributed by atoms with E-state index in [0.29, 0.717) is 19.0 Å². The van der Waals surface area contributed by atoms with Crippen LogP contribution in [0.15, 0.2) is 0 Å². The molecule has 2 fully saturated rings. The Labute approximate surface area is 102 Å². The monoisotopic (exact) mass is 242 g/mol. The van der Waals surface area contributed by atoms with Crippen LogP contribution in [-0.2, 0) is 4.74 Å². The number of carbonyl (C=O) groups excluding carboxylic acids is 1. The predicted molar refractivity (Wildman–Crippen MR) is 63.7 cm³/mol. The molecule has 0 radical (unpaired) electrons. The minimum absolute atomic E-state index is 0.129. The van der Waals surface area contributed by atoms with Crippen LogP contribution in [0.4, 0.5) is 4.79 Å². The first-order valence-electron chi connectivity index (χ1n) is 6.16. The van der Waals surface area contributed by atoms with Crippen molar-refractivity contribution in [2.75, 3.05) is 32.8 Å². The molecule has 0 aromatic heterocycles. The lowest BCUT2D eigenvalue weighted by Crippen LogP contribution is -2.40. The highest BCUT2D eigenvalue weighted by atomic mass is 16.6. The highest BCUT2D eigenvalue weighted by molar-refractivity contribution is 5.68. The van der Waals surface area contributed by atoms with Crippen LogP contribution in [0.25, 0.3) is 0 Å². The fourth-order valence-electron chi connectivity index (χ4n) is 2.71. The molecule has 0 unspecified atom stereocenters. The number of aliphatic hydroxyl groups is 1. The maximum atomic E-state index is 12.0. The van der Waals surface area contributed by atoms with Gasteiger partial charge in [-0.25, -0.2) is 4.79 Å². The number of aliphatic hydroxyl groups excluding tert-OH is 1. The van der Waals surface area contributed by atoms with E-state index in [1.807, 2.05) is 20.8 Å². The van der Waals surface area contributed by atoms with E-state index < -0.39 is 5.60 Å². The zero-order valence-corrected chi connectivity index (χ0v) is 10.8. The van der Waals surface area contributed by atoms with Crippen LogP contribution >= 0.6 is 0 Å². The minimum Gasteiger partial charge on any atom is -0.444 e. The topological polar surface area (TPSA) is 61.8 Å². The number of ether oxygens (including phenoxy) is 1. The van der Waals surface area contributed by atoms with E-state index in [2.05, 4.69) is 5.32 Å². The third-order valence-electron chi connectivity index (χ3n) is 3.65. The molecule has 2 saturated heterocycles. The van der Waals surface area contributed by atoms with Crippen LogP contribution in [0, 0.1) is 11.3 Å². The molecule has 17 heavy (non-hydrogen) atoms. The van der Waals surface area contributed by atoms with Gasteiger partial charge in [0.25, 0.3) is 0 Å². The van der Waals surface area contributed by atoms with Gasteiger partial charge in [-0.15, -0.1) is 0 Å². The summed E-state index contributed by atoms with van der Waals surface area (Å²) in [6, 6.07) is 0. The number of hydrogen-bond acceptors (Lipinski definition) is 4. The summed E-state index contributed by atoms with van der Waals surface area (Å²) in [5, 5.41) is 12.8. The van der Waals surface area contributed by atoms with E-state index in [0.717, 1.165) is 13.1 Å². The number of nitrogens with one attached hydrogen (secondary N) is 1.